The van der Waals surface area contributed by atoms with Crippen molar-refractivity contribution in [3.05, 3.63) is 78.9 Å². The summed E-state index contributed by atoms with van der Waals surface area (Å²) in [5.41, 5.74) is 2.38. The molecule has 4 aliphatic rings. The fourth-order valence-electron chi connectivity index (χ4n) is 6.58. The summed E-state index contributed by atoms with van der Waals surface area (Å²) in [6, 6.07) is 9.34. The molecular formula is C29H22BBrINO8. The van der Waals surface area contributed by atoms with Crippen molar-refractivity contribution in [3.8, 4) is 11.5 Å². The van der Waals surface area contributed by atoms with Crippen molar-refractivity contribution in [2.75, 3.05) is 12.0 Å². The van der Waals surface area contributed by atoms with Gasteiger partial charge in [-0.15, -0.1) is 0 Å². The molecule has 0 saturated carbocycles. The number of phenols is 1. The zero-order valence-electron chi connectivity index (χ0n) is 21.5. The average molecular weight is 730 g/mol. The molecule has 3 aliphatic carbocycles. The normalized spacial score (nSPS) is 25.4. The number of anilines is 1. The Labute approximate surface area is 257 Å². The number of methoxy groups -OCH3 is 1. The fraction of sp³-hybridized carbons (Fsp3) is 0.241. The van der Waals surface area contributed by atoms with E-state index in [0.29, 0.717) is 20.3 Å². The molecule has 0 aromatic heterocycles. The van der Waals surface area contributed by atoms with E-state index in [9.17, 15) is 34.3 Å². The number of ketones is 2. The van der Waals surface area contributed by atoms with Gasteiger partial charge in [0.15, 0.2) is 23.1 Å². The first-order valence-corrected chi connectivity index (χ1v) is 14.7. The number of Topliss-reactive ketones (excluding diaryl/α,β-unsaturated/α-hetero) is 1. The van der Waals surface area contributed by atoms with Crippen LogP contribution < -0.4 is 15.1 Å². The van der Waals surface area contributed by atoms with Crippen LogP contribution in [0, 0.1) is 21.3 Å². The summed E-state index contributed by atoms with van der Waals surface area (Å²) in [5.74, 6) is -4.04. The second-order valence-corrected chi connectivity index (χ2v) is 12.4. The van der Waals surface area contributed by atoms with Crippen molar-refractivity contribution in [3.63, 3.8) is 0 Å². The summed E-state index contributed by atoms with van der Waals surface area (Å²) in [6.07, 6.45) is 3.53. The minimum atomic E-state index is -1.77. The summed E-state index contributed by atoms with van der Waals surface area (Å²) in [4.78, 5) is 55.6. The highest BCUT2D eigenvalue weighted by Crippen LogP contribution is 2.56. The number of aromatic hydroxyl groups is 1. The van der Waals surface area contributed by atoms with E-state index in [2.05, 4.69) is 15.9 Å². The SMILES string of the molecule is COc1cc([C@H]2C3=CC[C@@H]4C(=O)N(c5cccc(B(O)O)c5)C(=O)[C@@H]4[C@@H]3CC3=C2C(=O)C=C(Br)C3=O)cc(I)c1O. The first-order valence-electron chi connectivity index (χ1n) is 12.8. The van der Waals surface area contributed by atoms with Gasteiger partial charge in [-0.25, -0.2) is 0 Å². The maximum atomic E-state index is 14.0. The lowest BCUT2D eigenvalue weighted by Crippen LogP contribution is -2.39. The Bertz CT molecular complexity index is 1660. The molecule has 0 spiro atoms. The van der Waals surface area contributed by atoms with E-state index in [1.54, 1.807) is 24.3 Å². The topological polar surface area (TPSA) is 141 Å². The number of ether oxygens (including phenoxy) is 1. The second kappa shape index (κ2) is 10.3. The summed E-state index contributed by atoms with van der Waals surface area (Å²) in [7, 11) is -0.348. The van der Waals surface area contributed by atoms with E-state index in [-0.39, 0.29) is 51.5 Å². The van der Waals surface area contributed by atoms with Crippen LogP contribution in [-0.2, 0) is 19.2 Å². The zero-order valence-corrected chi connectivity index (χ0v) is 25.2. The van der Waals surface area contributed by atoms with Gasteiger partial charge in [-0.05, 0) is 92.6 Å². The Morgan fingerprint density at radius 3 is 2.54 bits per heavy atom. The number of rotatable bonds is 4. The number of nitrogens with zero attached hydrogens (tertiary/aromatic N) is 1. The number of amides is 2. The van der Waals surface area contributed by atoms with Gasteiger partial charge in [0.25, 0.3) is 0 Å². The molecule has 0 radical (unpaired) electrons. The largest absolute Gasteiger partial charge is 0.504 e. The summed E-state index contributed by atoms with van der Waals surface area (Å²) in [6.45, 7) is 0. The Morgan fingerprint density at radius 2 is 1.83 bits per heavy atom. The van der Waals surface area contributed by atoms with Gasteiger partial charge in [-0.2, -0.15) is 0 Å². The molecule has 2 amide bonds. The van der Waals surface area contributed by atoms with Crippen LogP contribution in [0.4, 0.5) is 5.69 Å². The van der Waals surface area contributed by atoms with Crippen LogP contribution in [0.25, 0.3) is 0 Å². The van der Waals surface area contributed by atoms with Crippen LogP contribution >= 0.6 is 38.5 Å². The number of imide groups is 1. The first kappa shape index (κ1) is 28.1. The van der Waals surface area contributed by atoms with Gasteiger partial charge in [0.05, 0.1) is 32.7 Å². The highest BCUT2D eigenvalue weighted by atomic mass is 127. The monoisotopic (exact) mass is 729 g/mol. The Balaban J connectivity index is 1.49. The van der Waals surface area contributed by atoms with Gasteiger partial charge in [-0.1, -0.05) is 23.8 Å². The zero-order chi connectivity index (χ0) is 29.3. The number of hydrogen-bond acceptors (Lipinski definition) is 8. The van der Waals surface area contributed by atoms with Crippen LogP contribution in [0.5, 0.6) is 11.5 Å². The molecule has 1 aliphatic heterocycles. The van der Waals surface area contributed by atoms with Crippen molar-refractivity contribution in [2.45, 2.75) is 18.8 Å². The maximum absolute atomic E-state index is 14.0. The maximum Gasteiger partial charge on any atom is 0.488 e. The molecule has 2 aromatic rings. The van der Waals surface area contributed by atoms with Crippen LogP contribution in [0.2, 0.25) is 0 Å². The number of hydrogen-bond donors (Lipinski definition) is 3. The van der Waals surface area contributed by atoms with Crippen molar-refractivity contribution in [1.82, 2.24) is 0 Å². The quantitative estimate of drug-likeness (QED) is 0.144. The second-order valence-electron chi connectivity index (χ2n) is 10.4. The minimum absolute atomic E-state index is 0.0489. The van der Waals surface area contributed by atoms with E-state index >= 15 is 0 Å². The number of fused-ring (bicyclic) bond motifs is 3. The van der Waals surface area contributed by atoms with Gasteiger partial charge in [0.2, 0.25) is 11.8 Å². The predicted octanol–water partition coefficient (Wildman–Crippen LogP) is 2.65. The average Bonchev–Trinajstić information content (AvgIpc) is 3.21. The molecule has 41 heavy (non-hydrogen) atoms. The number of carbonyl (C=O) groups excluding carboxylic acids is 4. The van der Waals surface area contributed by atoms with Crippen molar-refractivity contribution < 1.29 is 39.1 Å². The van der Waals surface area contributed by atoms with Crippen LogP contribution in [0.15, 0.2) is 69.8 Å². The third kappa shape index (κ3) is 4.34. The van der Waals surface area contributed by atoms with E-state index < -0.39 is 42.6 Å². The molecule has 0 bridgehead atoms. The fourth-order valence-corrected chi connectivity index (χ4v) is 7.65. The van der Waals surface area contributed by atoms with Crippen LogP contribution in [0.1, 0.15) is 24.3 Å². The molecule has 2 aromatic carbocycles. The summed E-state index contributed by atoms with van der Waals surface area (Å²) in [5, 5.41) is 29.7. The van der Waals surface area contributed by atoms with Gasteiger partial charge in [0.1, 0.15) is 0 Å². The highest BCUT2D eigenvalue weighted by molar-refractivity contribution is 14.1. The molecule has 9 nitrogen and oxygen atoms in total. The van der Waals surface area contributed by atoms with Gasteiger partial charge in [0, 0.05) is 23.1 Å². The lowest BCUT2D eigenvalue weighted by Gasteiger charge is -2.42. The molecule has 1 heterocycles. The van der Waals surface area contributed by atoms with Gasteiger partial charge < -0.3 is 19.9 Å². The molecule has 208 valence electrons. The summed E-state index contributed by atoms with van der Waals surface area (Å²) < 4.78 is 6.01. The molecule has 0 unspecified atom stereocenters. The smallest absolute Gasteiger partial charge is 0.488 e. The van der Waals surface area contributed by atoms with E-state index in [1.165, 1.54) is 25.3 Å². The van der Waals surface area contributed by atoms with Crippen LogP contribution in [0.3, 0.4) is 0 Å². The lowest BCUT2D eigenvalue weighted by molar-refractivity contribution is -0.123. The number of halogens is 2. The molecule has 1 saturated heterocycles. The molecule has 12 heteroatoms. The predicted molar refractivity (Wildman–Crippen MR) is 161 cm³/mol. The molecule has 4 atom stereocenters. The van der Waals surface area contributed by atoms with Crippen molar-refractivity contribution in [2.24, 2.45) is 17.8 Å². The van der Waals surface area contributed by atoms with Crippen molar-refractivity contribution in [1.29, 1.82) is 0 Å². The van der Waals surface area contributed by atoms with Gasteiger partial charge >= 0.3 is 7.12 Å². The van der Waals surface area contributed by atoms with Crippen molar-refractivity contribution >= 4 is 80.2 Å². The summed E-state index contributed by atoms with van der Waals surface area (Å²) >= 11 is 5.19. The Morgan fingerprint density at radius 1 is 1.07 bits per heavy atom. The number of phenolic OH excluding ortho intramolecular Hbond substituents is 1. The Kier molecular flexibility index (Phi) is 7.08. The number of allylic oxidation sites excluding steroid dienone is 6. The first-order chi connectivity index (χ1) is 19.5. The third-order valence-corrected chi connectivity index (χ3v) is 9.77. The molecular weight excluding hydrogens is 708 g/mol. The highest BCUT2D eigenvalue weighted by Gasteiger charge is 2.56. The van der Waals surface area contributed by atoms with E-state index in [0.717, 1.165) is 10.5 Å². The van der Waals surface area contributed by atoms with E-state index in [1.807, 2.05) is 28.7 Å². The third-order valence-electron chi connectivity index (χ3n) is 8.36. The number of carbonyl (C=O) groups is 4. The van der Waals surface area contributed by atoms with E-state index in [4.69, 9.17) is 4.74 Å². The van der Waals surface area contributed by atoms with Gasteiger partial charge in [-0.3, -0.25) is 24.1 Å². The minimum Gasteiger partial charge on any atom is -0.504 e. The molecule has 3 N–H and O–H groups in total. The number of benzene rings is 2. The standard InChI is InChI=1S/C29H22BBrINO8/c1-41-22-8-12(7-20(32)27(22)36)23-15-5-6-16-24(17(15)10-18-25(23)21(34)11-19(31)26(18)35)29(38)33(28(16)37)14-4-2-3-13(9-14)30(39)40/h2-5,7-9,11,16-17,23-24,36,39-40H,6,10H2,1H3/t16-,17+,23-,24-/m0/s1. The molecule has 1 fully saturated rings. The Hall–Kier alpha value is -3.07. The molecule has 6 rings (SSSR count). The van der Waals surface area contributed by atoms with Crippen LogP contribution in [-0.4, -0.2) is 52.8 Å². The lowest BCUT2D eigenvalue weighted by atomic mass is 9.59.